The molecule has 0 saturated carbocycles. The normalized spacial score (nSPS) is 10.2. The van der Waals surface area contributed by atoms with Crippen LogP contribution in [0.1, 0.15) is 5.56 Å². The zero-order valence-corrected chi connectivity index (χ0v) is 10.9. The molecular weight excluding hydrogens is 248 g/mol. The van der Waals surface area contributed by atoms with Gasteiger partial charge in [0.25, 0.3) is 0 Å². The second-order valence-electron chi connectivity index (χ2n) is 4.38. The van der Waals surface area contributed by atoms with Gasteiger partial charge in [-0.1, -0.05) is 30.3 Å². The van der Waals surface area contributed by atoms with Gasteiger partial charge >= 0.3 is 0 Å². The molecule has 20 heavy (non-hydrogen) atoms. The number of hydrogen-bond donors (Lipinski definition) is 0. The van der Waals surface area contributed by atoms with Gasteiger partial charge in [0.2, 0.25) is 0 Å². The van der Waals surface area contributed by atoms with Crippen molar-refractivity contribution >= 4 is 0 Å². The number of rotatable bonds is 4. The van der Waals surface area contributed by atoms with Crippen LogP contribution in [0.25, 0.3) is 11.1 Å². The van der Waals surface area contributed by atoms with Gasteiger partial charge in [-0.3, -0.25) is 9.97 Å². The highest BCUT2D eigenvalue weighted by Crippen LogP contribution is 2.28. The zero-order chi connectivity index (χ0) is 13.6. The smallest absolute Gasteiger partial charge is 0.145 e. The lowest BCUT2D eigenvalue weighted by Gasteiger charge is -2.11. The van der Waals surface area contributed by atoms with Crippen LogP contribution in [0.2, 0.25) is 0 Å². The van der Waals surface area contributed by atoms with Crippen molar-refractivity contribution in [2.45, 2.75) is 6.61 Å². The molecule has 0 saturated heterocycles. The number of pyridine rings is 2. The lowest BCUT2D eigenvalue weighted by molar-refractivity contribution is 0.306. The standard InChI is InChI=1S/C17H14N2O/c1-2-4-14(5-3-1)13-20-17-12-19-11-8-16(17)15-6-9-18-10-7-15/h1-12H,13H2. The van der Waals surface area contributed by atoms with E-state index in [0.717, 1.165) is 22.4 Å². The van der Waals surface area contributed by atoms with E-state index in [2.05, 4.69) is 9.97 Å². The van der Waals surface area contributed by atoms with Crippen molar-refractivity contribution in [3.63, 3.8) is 0 Å². The number of aromatic nitrogens is 2. The second-order valence-corrected chi connectivity index (χ2v) is 4.38. The summed E-state index contributed by atoms with van der Waals surface area (Å²) in [5, 5.41) is 0. The Balaban J connectivity index is 1.84. The van der Waals surface area contributed by atoms with Gasteiger partial charge in [-0.05, 0) is 29.3 Å². The molecule has 0 amide bonds. The maximum absolute atomic E-state index is 5.89. The van der Waals surface area contributed by atoms with Crippen LogP contribution in [0.15, 0.2) is 73.3 Å². The van der Waals surface area contributed by atoms with E-state index in [4.69, 9.17) is 4.74 Å². The average Bonchev–Trinajstić information content (AvgIpc) is 2.55. The van der Waals surface area contributed by atoms with E-state index >= 15 is 0 Å². The lowest BCUT2D eigenvalue weighted by atomic mass is 10.1. The first-order valence-corrected chi connectivity index (χ1v) is 6.44. The summed E-state index contributed by atoms with van der Waals surface area (Å²) in [5.41, 5.74) is 3.24. The molecule has 0 radical (unpaired) electrons. The predicted octanol–water partition coefficient (Wildman–Crippen LogP) is 3.72. The minimum Gasteiger partial charge on any atom is -0.487 e. The van der Waals surface area contributed by atoms with Crippen LogP contribution in [-0.4, -0.2) is 9.97 Å². The third kappa shape index (κ3) is 2.83. The second kappa shape index (κ2) is 5.97. The van der Waals surface area contributed by atoms with E-state index in [9.17, 15) is 0 Å². The van der Waals surface area contributed by atoms with Gasteiger partial charge in [0.1, 0.15) is 12.4 Å². The predicted molar refractivity (Wildman–Crippen MR) is 78.2 cm³/mol. The van der Waals surface area contributed by atoms with E-state index in [1.807, 2.05) is 48.5 Å². The quantitative estimate of drug-likeness (QED) is 0.718. The van der Waals surface area contributed by atoms with Crippen molar-refractivity contribution in [2.75, 3.05) is 0 Å². The van der Waals surface area contributed by atoms with Gasteiger partial charge in [0, 0.05) is 24.2 Å². The highest BCUT2D eigenvalue weighted by Gasteiger charge is 2.06. The van der Waals surface area contributed by atoms with Gasteiger partial charge in [0.05, 0.1) is 6.20 Å². The first-order chi connectivity index (χ1) is 9.93. The molecule has 2 aromatic heterocycles. The molecule has 3 aromatic rings. The number of nitrogens with zero attached hydrogens (tertiary/aromatic N) is 2. The van der Waals surface area contributed by atoms with Crippen molar-refractivity contribution in [1.82, 2.24) is 9.97 Å². The minimum atomic E-state index is 0.532. The molecule has 3 heteroatoms. The summed E-state index contributed by atoms with van der Waals surface area (Å²) in [7, 11) is 0. The van der Waals surface area contributed by atoms with Crippen LogP contribution in [-0.2, 0) is 6.61 Å². The van der Waals surface area contributed by atoms with Gasteiger partial charge in [-0.2, -0.15) is 0 Å². The Morgan fingerprint density at radius 3 is 2.35 bits per heavy atom. The SMILES string of the molecule is c1ccc(COc2cnccc2-c2ccncc2)cc1. The Hall–Kier alpha value is -2.68. The number of hydrogen-bond acceptors (Lipinski definition) is 3. The summed E-state index contributed by atoms with van der Waals surface area (Å²) in [4.78, 5) is 8.18. The van der Waals surface area contributed by atoms with Crippen LogP contribution in [0.3, 0.4) is 0 Å². The summed E-state index contributed by atoms with van der Waals surface area (Å²) < 4.78 is 5.89. The third-order valence-electron chi connectivity index (χ3n) is 3.01. The Bertz CT molecular complexity index is 669. The summed E-state index contributed by atoms with van der Waals surface area (Å²) in [5.74, 6) is 0.780. The Kier molecular flexibility index (Phi) is 3.69. The monoisotopic (exact) mass is 262 g/mol. The van der Waals surface area contributed by atoms with Crippen LogP contribution >= 0.6 is 0 Å². The van der Waals surface area contributed by atoms with Crippen molar-refractivity contribution in [3.05, 3.63) is 78.9 Å². The van der Waals surface area contributed by atoms with E-state index < -0.39 is 0 Å². The van der Waals surface area contributed by atoms with Crippen molar-refractivity contribution in [2.24, 2.45) is 0 Å². The molecule has 0 atom stereocenters. The molecule has 98 valence electrons. The van der Waals surface area contributed by atoms with Crippen LogP contribution in [0.4, 0.5) is 0 Å². The Morgan fingerprint density at radius 1 is 0.800 bits per heavy atom. The molecule has 0 bridgehead atoms. The summed E-state index contributed by atoms with van der Waals surface area (Å²) in [6.07, 6.45) is 7.07. The van der Waals surface area contributed by atoms with Gasteiger partial charge in [-0.25, -0.2) is 0 Å². The largest absolute Gasteiger partial charge is 0.487 e. The number of ether oxygens (including phenoxy) is 1. The number of benzene rings is 1. The molecule has 0 spiro atoms. The minimum absolute atomic E-state index is 0.532. The molecule has 0 aliphatic heterocycles. The fourth-order valence-electron chi connectivity index (χ4n) is 2.00. The van der Waals surface area contributed by atoms with Gasteiger partial charge < -0.3 is 4.74 Å². The van der Waals surface area contributed by atoms with Crippen molar-refractivity contribution in [1.29, 1.82) is 0 Å². The average molecular weight is 262 g/mol. The molecule has 2 heterocycles. The zero-order valence-electron chi connectivity index (χ0n) is 10.9. The Labute approximate surface area is 117 Å². The van der Waals surface area contributed by atoms with Crippen molar-refractivity contribution < 1.29 is 4.74 Å². The molecule has 1 aromatic carbocycles. The highest BCUT2D eigenvalue weighted by molar-refractivity contribution is 5.69. The first-order valence-electron chi connectivity index (χ1n) is 6.44. The fourth-order valence-corrected chi connectivity index (χ4v) is 2.00. The summed E-state index contributed by atoms with van der Waals surface area (Å²) in [6, 6.07) is 16.0. The molecule has 0 unspecified atom stereocenters. The third-order valence-corrected chi connectivity index (χ3v) is 3.01. The van der Waals surface area contributed by atoms with E-state index in [1.54, 1.807) is 24.8 Å². The lowest BCUT2D eigenvalue weighted by Crippen LogP contribution is -1.97. The van der Waals surface area contributed by atoms with Gasteiger partial charge in [0.15, 0.2) is 0 Å². The van der Waals surface area contributed by atoms with Crippen LogP contribution < -0.4 is 4.74 Å². The van der Waals surface area contributed by atoms with Gasteiger partial charge in [-0.15, -0.1) is 0 Å². The molecule has 0 N–H and O–H groups in total. The highest BCUT2D eigenvalue weighted by atomic mass is 16.5. The van der Waals surface area contributed by atoms with Crippen LogP contribution in [0.5, 0.6) is 5.75 Å². The topological polar surface area (TPSA) is 35.0 Å². The van der Waals surface area contributed by atoms with Crippen LogP contribution in [0, 0.1) is 0 Å². The van der Waals surface area contributed by atoms with E-state index in [1.165, 1.54) is 0 Å². The molecule has 0 aliphatic rings. The van der Waals surface area contributed by atoms with E-state index in [0.29, 0.717) is 6.61 Å². The molecule has 3 nitrogen and oxygen atoms in total. The summed E-state index contributed by atoms with van der Waals surface area (Å²) >= 11 is 0. The molecule has 0 fully saturated rings. The maximum atomic E-state index is 5.89. The maximum Gasteiger partial charge on any atom is 0.145 e. The fraction of sp³-hybridized carbons (Fsp3) is 0.0588. The Morgan fingerprint density at radius 2 is 1.55 bits per heavy atom. The molecule has 0 aliphatic carbocycles. The molecule has 3 rings (SSSR count). The first kappa shape index (κ1) is 12.4. The van der Waals surface area contributed by atoms with Crippen molar-refractivity contribution in [3.8, 4) is 16.9 Å². The summed E-state index contributed by atoms with van der Waals surface area (Å²) in [6.45, 7) is 0.532. The van der Waals surface area contributed by atoms with E-state index in [-0.39, 0.29) is 0 Å². The molecular formula is C17H14N2O.